The number of halogens is 1. The molecule has 0 heterocycles. The fourth-order valence-corrected chi connectivity index (χ4v) is 2.87. The maximum absolute atomic E-state index is 13.1. The summed E-state index contributed by atoms with van der Waals surface area (Å²) in [4.78, 5) is 24.3. The molecule has 1 N–H and O–H groups in total. The maximum atomic E-state index is 13.1. The van der Waals surface area contributed by atoms with Crippen LogP contribution in [0.25, 0.3) is 0 Å². The third-order valence-corrected chi connectivity index (χ3v) is 4.80. The van der Waals surface area contributed by atoms with Gasteiger partial charge in [-0.1, -0.05) is 6.07 Å². The molecule has 0 radical (unpaired) electrons. The third kappa shape index (κ3) is 6.90. The van der Waals surface area contributed by atoms with Crippen molar-refractivity contribution < 1.29 is 28.2 Å². The number of carbonyl (C=O) groups is 2. The molecule has 0 unspecified atom stereocenters. The van der Waals surface area contributed by atoms with Crippen LogP contribution in [0.3, 0.4) is 0 Å². The Balaban J connectivity index is 1.59. The Kier molecular flexibility index (Phi) is 8.34. The summed E-state index contributed by atoms with van der Waals surface area (Å²) in [5.41, 5.74) is 5.44. The molecule has 0 aliphatic heterocycles. The van der Waals surface area contributed by atoms with Crippen molar-refractivity contribution in [3.05, 3.63) is 88.7 Å². The van der Waals surface area contributed by atoms with Crippen molar-refractivity contribution in [2.24, 2.45) is 5.10 Å². The second-order valence-corrected chi connectivity index (χ2v) is 7.36. The van der Waals surface area contributed by atoms with Crippen molar-refractivity contribution in [2.75, 3.05) is 13.2 Å². The Labute approximate surface area is 197 Å². The second kappa shape index (κ2) is 11.6. The second-order valence-electron chi connectivity index (χ2n) is 7.36. The van der Waals surface area contributed by atoms with Crippen LogP contribution in [0.1, 0.15) is 34.0 Å². The Hall–Kier alpha value is -4.20. The molecule has 0 fully saturated rings. The van der Waals surface area contributed by atoms with Gasteiger partial charge in [-0.2, -0.15) is 5.10 Å². The van der Waals surface area contributed by atoms with Crippen LogP contribution in [0, 0.1) is 19.7 Å². The standard InChI is InChI=1S/C26H25FN2O5/c1-4-32-24-14-19(6-12-23(24)34-26(31)20-7-9-21(27)10-8-20)15-28-29-25(30)16-33-22-11-5-17(2)18(3)13-22/h5-15H,4,16H2,1-3H3,(H,29,30)/b28-15+. The molecule has 1 amide bonds. The highest BCUT2D eigenvalue weighted by Crippen LogP contribution is 2.29. The van der Waals surface area contributed by atoms with E-state index in [0.717, 1.165) is 11.1 Å². The number of nitrogens with zero attached hydrogens (tertiary/aromatic N) is 1. The van der Waals surface area contributed by atoms with Crippen LogP contribution in [0.2, 0.25) is 0 Å². The summed E-state index contributed by atoms with van der Waals surface area (Å²) in [5.74, 6) is -0.360. The molecule has 3 aromatic carbocycles. The minimum absolute atomic E-state index is 0.178. The van der Waals surface area contributed by atoms with Gasteiger partial charge < -0.3 is 14.2 Å². The van der Waals surface area contributed by atoms with Gasteiger partial charge in [-0.25, -0.2) is 14.6 Å². The van der Waals surface area contributed by atoms with Gasteiger partial charge in [-0.15, -0.1) is 0 Å². The van der Waals surface area contributed by atoms with E-state index in [0.29, 0.717) is 23.7 Å². The monoisotopic (exact) mass is 464 g/mol. The molecule has 0 atom stereocenters. The lowest BCUT2D eigenvalue weighted by atomic mass is 10.1. The van der Waals surface area contributed by atoms with E-state index in [1.165, 1.54) is 30.5 Å². The first-order valence-corrected chi connectivity index (χ1v) is 10.6. The smallest absolute Gasteiger partial charge is 0.343 e. The van der Waals surface area contributed by atoms with E-state index in [4.69, 9.17) is 14.2 Å². The Morgan fingerprint density at radius 2 is 1.71 bits per heavy atom. The molecule has 0 aliphatic rings. The van der Waals surface area contributed by atoms with E-state index >= 15 is 0 Å². The van der Waals surface area contributed by atoms with Gasteiger partial charge in [0.2, 0.25) is 0 Å². The summed E-state index contributed by atoms with van der Waals surface area (Å²) in [7, 11) is 0. The largest absolute Gasteiger partial charge is 0.490 e. The van der Waals surface area contributed by atoms with Crippen LogP contribution in [-0.4, -0.2) is 31.3 Å². The molecule has 8 heteroatoms. The van der Waals surface area contributed by atoms with Crippen LogP contribution in [0.15, 0.2) is 65.8 Å². The Morgan fingerprint density at radius 1 is 0.941 bits per heavy atom. The average molecular weight is 464 g/mol. The van der Waals surface area contributed by atoms with Gasteiger partial charge in [0.15, 0.2) is 18.1 Å². The predicted octanol–water partition coefficient (Wildman–Crippen LogP) is 4.59. The van der Waals surface area contributed by atoms with E-state index < -0.39 is 17.7 Å². The van der Waals surface area contributed by atoms with Gasteiger partial charge in [0.25, 0.3) is 5.91 Å². The number of benzene rings is 3. The van der Waals surface area contributed by atoms with E-state index in [1.807, 2.05) is 26.0 Å². The molecule has 0 bridgehead atoms. The van der Waals surface area contributed by atoms with E-state index in [2.05, 4.69) is 10.5 Å². The number of hydrogen-bond donors (Lipinski definition) is 1. The van der Waals surface area contributed by atoms with Crippen LogP contribution < -0.4 is 19.6 Å². The number of amides is 1. The maximum Gasteiger partial charge on any atom is 0.343 e. The molecular formula is C26H25FN2O5. The van der Waals surface area contributed by atoms with Crippen molar-refractivity contribution in [1.29, 1.82) is 0 Å². The number of rotatable bonds is 9. The first-order chi connectivity index (χ1) is 16.4. The fourth-order valence-electron chi connectivity index (χ4n) is 2.87. The number of hydrazone groups is 1. The summed E-state index contributed by atoms with van der Waals surface area (Å²) in [6, 6.07) is 15.5. The molecule has 3 aromatic rings. The van der Waals surface area contributed by atoms with Crippen molar-refractivity contribution in [2.45, 2.75) is 20.8 Å². The predicted molar refractivity (Wildman–Crippen MR) is 126 cm³/mol. The summed E-state index contributed by atoms with van der Waals surface area (Å²) >= 11 is 0. The minimum Gasteiger partial charge on any atom is -0.490 e. The molecule has 34 heavy (non-hydrogen) atoms. The van der Waals surface area contributed by atoms with Crippen molar-refractivity contribution >= 4 is 18.1 Å². The minimum atomic E-state index is -0.640. The van der Waals surface area contributed by atoms with Gasteiger partial charge in [-0.05, 0) is 92.1 Å². The lowest BCUT2D eigenvalue weighted by molar-refractivity contribution is -0.123. The Bertz CT molecular complexity index is 1190. The summed E-state index contributed by atoms with van der Waals surface area (Å²) in [6.45, 7) is 5.93. The quantitative estimate of drug-likeness (QED) is 0.217. The number of ether oxygens (including phenoxy) is 3. The van der Waals surface area contributed by atoms with E-state index in [1.54, 1.807) is 31.2 Å². The van der Waals surface area contributed by atoms with Crippen molar-refractivity contribution in [3.63, 3.8) is 0 Å². The molecule has 0 spiro atoms. The van der Waals surface area contributed by atoms with E-state index in [9.17, 15) is 14.0 Å². The van der Waals surface area contributed by atoms with Gasteiger partial charge >= 0.3 is 5.97 Å². The molecule has 0 aliphatic carbocycles. The zero-order chi connectivity index (χ0) is 24.5. The first-order valence-electron chi connectivity index (χ1n) is 10.6. The summed E-state index contributed by atoms with van der Waals surface area (Å²) in [6.07, 6.45) is 1.43. The molecule has 3 rings (SSSR count). The zero-order valence-corrected chi connectivity index (χ0v) is 19.1. The molecule has 0 saturated carbocycles. The first kappa shape index (κ1) is 24.4. The highest BCUT2D eigenvalue weighted by atomic mass is 19.1. The highest BCUT2D eigenvalue weighted by Gasteiger charge is 2.13. The van der Waals surface area contributed by atoms with Gasteiger partial charge in [0.1, 0.15) is 11.6 Å². The highest BCUT2D eigenvalue weighted by molar-refractivity contribution is 5.91. The molecule has 176 valence electrons. The normalized spacial score (nSPS) is 10.7. The lowest BCUT2D eigenvalue weighted by Crippen LogP contribution is -2.24. The van der Waals surface area contributed by atoms with Crippen LogP contribution in [0.4, 0.5) is 4.39 Å². The topological polar surface area (TPSA) is 86.2 Å². The summed E-state index contributed by atoms with van der Waals surface area (Å²) < 4.78 is 29.5. The van der Waals surface area contributed by atoms with Crippen LogP contribution in [0.5, 0.6) is 17.2 Å². The van der Waals surface area contributed by atoms with Crippen LogP contribution >= 0.6 is 0 Å². The third-order valence-electron chi connectivity index (χ3n) is 4.80. The summed E-state index contributed by atoms with van der Waals surface area (Å²) in [5, 5.41) is 3.93. The number of nitrogens with one attached hydrogen (secondary N) is 1. The van der Waals surface area contributed by atoms with Gasteiger partial charge in [-0.3, -0.25) is 4.79 Å². The fraction of sp³-hybridized carbons (Fsp3) is 0.192. The van der Waals surface area contributed by atoms with Crippen LogP contribution in [-0.2, 0) is 4.79 Å². The van der Waals surface area contributed by atoms with E-state index in [-0.39, 0.29) is 17.9 Å². The Morgan fingerprint density at radius 3 is 2.41 bits per heavy atom. The molecule has 7 nitrogen and oxygen atoms in total. The van der Waals surface area contributed by atoms with Crippen molar-refractivity contribution in [3.8, 4) is 17.2 Å². The van der Waals surface area contributed by atoms with Crippen molar-refractivity contribution in [1.82, 2.24) is 5.43 Å². The lowest BCUT2D eigenvalue weighted by Gasteiger charge is -2.11. The SMILES string of the molecule is CCOc1cc(/C=N/NC(=O)COc2ccc(C)c(C)c2)ccc1OC(=O)c1ccc(F)cc1. The molecular weight excluding hydrogens is 439 g/mol. The van der Waals surface area contributed by atoms with Gasteiger partial charge in [0.05, 0.1) is 18.4 Å². The number of aryl methyl sites for hydroxylation is 2. The number of hydrogen-bond acceptors (Lipinski definition) is 6. The number of carbonyl (C=O) groups excluding carboxylic acids is 2. The molecule has 0 aromatic heterocycles. The van der Waals surface area contributed by atoms with Gasteiger partial charge in [0, 0.05) is 0 Å². The number of esters is 1. The molecule has 0 saturated heterocycles. The average Bonchev–Trinajstić information content (AvgIpc) is 2.82. The zero-order valence-electron chi connectivity index (χ0n) is 19.1.